The fourth-order valence-electron chi connectivity index (χ4n) is 3.40. The van der Waals surface area contributed by atoms with E-state index < -0.39 is 5.54 Å². The maximum Gasteiger partial charge on any atom is 0.242 e. The predicted molar refractivity (Wildman–Crippen MR) is 107 cm³/mol. The molecule has 1 aliphatic rings. The molecule has 0 saturated heterocycles. The second kappa shape index (κ2) is 6.23. The van der Waals surface area contributed by atoms with E-state index in [9.17, 15) is 4.79 Å². The smallest absolute Gasteiger partial charge is 0.242 e. The van der Waals surface area contributed by atoms with E-state index in [1.165, 1.54) is 4.88 Å². The van der Waals surface area contributed by atoms with Crippen molar-refractivity contribution in [2.75, 3.05) is 6.54 Å². The summed E-state index contributed by atoms with van der Waals surface area (Å²) in [6.45, 7) is 4.66. The largest absolute Gasteiger partial charge is 0.336 e. The highest BCUT2D eigenvalue weighted by Crippen LogP contribution is 2.46. The minimum absolute atomic E-state index is 0.0503. The van der Waals surface area contributed by atoms with E-state index in [4.69, 9.17) is 28.9 Å². The van der Waals surface area contributed by atoms with Gasteiger partial charge in [-0.05, 0) is 38.0 Å². The summed E-state index contributed by atoms with van der Waals surface area (Å²) in [5, 5.41) is 9.16. The number of carbonyl (C=O) groups excluding carboxylic acids is 1. The highest BCUT2D eigenvalue weighted by Gasteiger charge is 2.32. The molecule has 0 saturated carbocycles. The molecule has 3 N–H and O–H groups in total. The van der Waals surface area contributed by atoms with Crippen LogP contribution in [-0.4, -0.2) is 33.1 Å². The molecule has 136 valence electrons. The minimum atomic E-state index is -0.892. The summed E-state index contributed by atoms with van der Waals surface area (Å²) >= 11 is 14.5. The molecule has 0 atom stereocenters. The Labute approximate surface area is 165 Å². The Hall–Kier alpha value is -1.60. The summed E-state index contributed by atoms with van der Waals surface area (Å²) in [5.74, 6) is -0.0503. The number of nitrogens with one attached hydrogen (secondary N) is 1. The van der Waals surface area contributed by atoms with Gasteiger partial charge in [-0.25, -0.2) is 0 Å². The number of amides is 1. The number of carbonyl (C=O) groups is 1. The second-order valence-electron chi connectivity index (χ2n) is 7.10. The van der Waals surface area contributed by atoms with Gasteiger partial charge in [0.05, 0.1) is 26.0 Å². The van der Waals surface area contributed by atoms with Gasteiger partial charge in [-0.15, -0.1) is 11.3 Å². The molecule has 0 aliphatic carbocycles. The van der Waals surface area contributed by atoms with Crippen LogP contribution in [0.4, 0.5) is 0 Å². The highest BCUT2D eigenvalue weighted by molar-refractivity contribution is 7.20. The van der Waals surface area contributed by atoms with Crippen LogP contribution in [0.5, 0.6) is 0 Å². The number of fused-ring (bicyclic) bond motifs is 3. The first kappa shape index (κ1) is 17.8. The fraction of sp³-hybridized carbons (Fsp3) is 0.333. The lowest BCUT2D eigenvalue weighted by molar-refractivity contribution is -0.136. The van der Waals surface area contributed by atoms with Crippen molar-refractivity contribution < 1.29 is 4.79 Å². The maximum absolute atomic E-state index is 12.7. The topological polar surface area (TPSA) is 75.0 Å². The number of nitrogens with zero attached hydrogens (tertiary/aromatic N) is 2. The predicted octanol–water partition coefficient (Wildman–Crippen LogP) is 4.22. The van der Waals surface area contributed by atoms with Gasteiger partial charge in [-0.1, -0.05) is 23.2 Å². The standard InChI is InChI=1S/C18H18Cl2N4OS/c1-18(2,21)17(25)24-6-4-13-10(8-24)14-9(12-3-5-22-23-12)7-11(19)15(20)16(14)26-13/h3,5,7H,4,6,8,21H2,1-2H3,(H,22,23). The molecule has 0 bridgehead atoms. The van der Waals surface area contributed by atoms with Gasteiger partial charge < -0.3 is 10.6 Å². The van der Waals surface area contributed by atoms with Crippen LogP contribution >= 0.6 is 34.5 Å². The van der Waals surface area contributed by atoms with Gasteiger partial charge >= 0.3 is 0 Å². The maximum atomic E-state index is 12.7. The summed E-state index contributed by atoms with van der Waals surface area (Å²) in [6, 6.07) is 3.76. The first-order chi connectivity index (χ1) is 12.3. The molecule has 0 fully saturated rings. The summed E-state index contributed by atoms with van der Waals surface area (Å²) in [7, 11) is 0. The Morgan fingerprint density at radius 1 is 1.42 bits per heavy atom. The summed E-state index contributed by atoms with van der Waals surface area (Å²) < 4.78 is 0.954. The van der Waals surface area contributed by atoms with Crippen LogP contribution in [0.2, 0.25) is 10.0 Å². The lowest BCUT2D eigenvalue weighted by Crippen LogP contribution is -2.52. The molecule has 8 heteroatoms. The van der Waals surface area contributed by atoms with Crippen LogP contribution in [0.1, 0.15) is 24.3 Å². The van der Waals surface area contributed by atoms with Gasteiger partial charge in [0.2, 0.25) is 5.91 Å². The zero-order valence-electron chi connectivity index (χ0n) is 14.4. The van der Waals surface area contributed by atoms with Crippen molar-refractivity contribution in [3.63, 3.8) is 0 Å². The van der Waals surface area contributed by atoms with E-state index in [1.807, 2.05) is 17.0 Å². The van der Waals surface area contributed by atoms with Crippen LogP contribution in [0.15, 0.2) is 18.3 Å². The highest BCUT2D eigenvalue weighted by atomic mass is 35.5. The van der Waals surface area contributed by atoms with Crippen molar-refractivity contribution in [1.82, 2.24) is 15.1 Å². The number of halogens is 2. The van der Waals surface area contributed by atoms with E-state index in [0.717, 1.165) is 33.3 Å². The molecule has 0 spiro atoms. The molecule has 5 nitrogen and oxygen atoms in total. The number of hydrogen-bond donors (Lipinski definition) is 2. The van der Waals surface area contributed by atoms with Crippen molar-refractivity contribution in [3.8, 4) is 11.3 Å². The summed E-state index contributed by atoms with van der Waals surface area (Å²) in [5.41, 5.74) is 8.08. The van der Waals surface area contributed by atoms with E-state index >= 15 is 0 Å². The SMILES string of the molecule is CC(C)(N)C(=O)N1CCc2sc3c(Cl)c(Cl)cc(-c4ccn[nH]4)c3c2C1. The van der Waals surface area contributed by atoms with Crippen molar-refractivity contribution in [1.29, 1.82) is 0 Å². The third-order valence-corrected chi connectivity index (χ3v) is 6.84. The van der Waals surface area contributed by atoms with E-state index in [-0.39, 0.29) is 5.91 Å². The molecule has 2 aromatic heterocycles. The minimum Gasteiger partial charge on any atom is -0.336 e. The molecule has 1 aromatic carbocycles. The monoisotopic (exact) mass is 408 g/mol. The zero-order valence-corrected chi connectivity index (χ0v) is 16.7. The Morgan fingerprint density at radius 3 is 2.85 bits per heavy atom. The lowest BCUT2D eigenvalue weighted by atomic mass is 9.97. The van der Waals surface area contributed by atoms with Gasteiger partial charge in [0, 0.05) is 35.1 Å². The van der Waals surface area contributed by atoms with E-state index in [1.54, 1.807) is 31.4 Å². The van der Waals surface area contributed by atoms with Crippen molar-refractivity contribution in [2.24, 2.45) is 5.73 Å². The fourth-order valence-corrected chi connectivity index (χ4v) is 5.19. The van der Waals surface area contributed by atoms with Crippen LogP contribution in [0.3, 0.4) is 0 Å². The molecule has 3 aromatic rings. The molecule has 1 aliphatic heterocycles. The normalized spacial score (nSPS) is 14.7. The van der Waals surface area contributed by atoms with Crippen LogP contribution < -0.4 is 5.73 Å². The molecular weight excluding hydrogens is 391 g/mol. The Kier molecular flexibility index (Phi) is 4.27. The van der Waals surface area contributed by atoms with Gasteiger partial charge in [-0.3, -0.25) is 9.89 Å². The third-order valence-electron chi connectivity index (χ3n) is 4.63. The molecule has 4 rings (SSSR count). The van der Waals surface area contributed by atoms with E-state index in [0.29, 0.717) is 23.1 Å². The lowest BCUT2D eigenvalue weighted by Gasteiger charge is -2.32. The first-order valence-corrected chi connectivity index (χ1v) is 9.85. The van der Waals surface area contributed by atoms with Gasteiger partial charge in [-0.2, -0.15) is 5.10 Å². The average Bonchev–Trinajstić information content (AvgIpc) is 3.24. The Bertz CT molecular complexity index is 1000. The number of rotatable bonds is 2. The average molecular weight is 409 g/mol. The van der Waals surface area contributed by atoms with Crippen LogP contribution in [0, 0.1) is 0 Å². The quantitative estimate of drug-likeness (QED) is 0.666. The Morgan fingerprint density at radius 2 is 2.19 bits per heavy atom. The molecule has 26 heavy (non-hydrogen) atoms. The van der Waals surface area contributed by atoms with Gasteiger partial charge in [0.1, 0.15) is 0 Å². The molecular formula is C18H18Cl2N4OS. The number of aromatic nitrogens is 2. The molecule has 0 radical (unpaired) electrons. The second-order valence-corrected chi connectivity index (χ2v) is 8.99. The molecule has 3 heterocycles. The van der Waals surface area contributed by atoms with Gasteiger partial charge in [0.15, 0.2) is 0 Å². The number of hydrogen-bond acceptors (Lipinski definition) is 4. The van der Waals surface area contributed by atoms with E-state index in [2.05, 4.69) is 10.2 Å². The number of H-pyrrole nitrogens is 1. The number of aromatic amines is 1. The molecule has 1 amide bonds. The van der Waals surface area contributed by atoms with Crippen molar-refractivity contribution in [2.45, 2.75) is 32.4 Å². The zero-order chi connectivity index (χ0) is 18.6. The third kappa shape index (κ3) is 2.81. The number of thiophene rings is 1. The van der Waals surface area contributed by atoms with Crippen LogP contribution in [0.25, 0.3) is 21.3 Å². The summed E-state index contributed by atoms with van der Waals surface area (Å²) in [6.07, 6.45) is 2.49. The summed E-state index contributed by atoms with van der Waals surface area (Å²) in [4.78, 5) is 15.7. The molecule has 0 unspecified atom stereocenters. The number of benzene rings is 1. The van der Waals surface area contributed by atoms with Crippen LogP contribution in [-0.2, 0) is 17.8 Å². The van der Waals surface area contributed by atoms with Gasteiger partial charge in [0.25, 0.3) is 0 Å². The first-order valence-electron chi connectivity index (χ1n) is 8.27. The van der Waals surface area contributed by atoms with Crippen molar-refractivity contribution >= 4 is 50.5 Å². The number of nitrogens with two attached hydrogens (primary N) is 1. The Balaban J connectivity index is 1.90. The van der Waals surface area contributed by atoms with Crippen molar-refractivity contribution in [3.05, 3.63) is 38.8 Å².